The van der Waals surface area contributed by atoms with Crippen molar-refractivity contribution in [3.8, 4) is 0 Å². The lowest BCUT2D eigenvalue weighted by Gasteiger charge is -2.43. The Bertz CT molecular complexity index is 253. The number of ether oxygens (including phenoxy) is 1. The van der Waals surface area contributed by atoms with Crippen molar-refractivity contribution in [1.29, 1.82) is 0 Å². The molecule has 4 nitrogen and oxygen atoms in total. The predicted octanol–water partition coefficient (Wildman–Crippen LogP) is 1.75. The highest BCUT2D eigenvalue weighted by Gasteiger charge is 2.36. The van der Waals surface area contributed by atoms with Gasteiger partial charge in [0.15, 0.2) is 0 Å². The molecule has 0 radical (unpaired) electrons. The van der Waals surface area contributed by atoms with Crippen LogP contribution in [0.3, 0.4) is 0 Å². The molecule has 1 N–H and O–H groups in total. The maximum absolute atomic E-state index is 12.0. The van der Waals surface area contributed by atoms with E-state index in [0.717, 1.165) is 19.4 Å². The Kier molecular flexibility index (Phi) is 3.69. The topological polar surface area (TPSA) is 41.6 Å². The van der Waals surface area contributed by atoms with Crippen LogP contribution in [0.25, 0.3) is 0 Å². The van der Waals surface area contributed by atoms with Crippen LogP contribution in [0.15, 0.2) is 0 Å². The van der Waals surface area contributed by atoms with Gasteiger partial charge in [0.25, 0.3) is 0 Å². The van der Waals surface area contributed by atoms with Crippen molar-refractivity contribution in [2.24, 2.45) is 0 Å². The first kappa shape index (κ1) is 11.7. The number of nitrogens with zero attached hydrogens (tertiary/aromatic N) is 1. The summed E-state index contributed by atoms with van der Waals surface area (Å²) in [5.74, 6) is 0. The Morgan fingerprint density at radius 1 is 1.38 bits per heavy atom. The van der Waals surface area contributed by atoms with Crippen LogP contribution in [0.4, 0.5) is 4.79 Å². The molecule has 4 heteroatoms. The van der Waals surface area contributed by atoms with Crippen molar-refractivity contribution in [1.82, 2.24) is 10.2 Å². The van der Waals surface area contributed by atoms with Crippen LogP contribution < -0.4 is 5.32 Å². The maximum Gasteiger partial charge on any atom is 0.318 e. The summed E-state index contributed by atoms with van der Waals surface area (Å²) in [5, 5.41) is 2.98. The molecule has 16 heavy (non-hydrogen) atoms. The minimum absolute atomic E-state index is 0.0789. The van der Waals surface area contributed by atoms with Crippen LogP contribution in [0.2, 0.25) is 0 Å². The van der Waals surface area contributed by atoms with E-state index in [2.05, 4.69) is 5.32 Å². The molecule has 92 valence electrons. The van der Waals surface area contributed by atoms with Crippen molar-refractivity contribution in [2.75, 3.05) is 13.2 Å². The number of hydrogen-bond acceptors (Lipinski definition) is 2. The molecule has 2 unspecified atom stereocenters. The molecular weight excluding hydrogens is 204 g/mol. The Morgan fingerprint density at radius 2 is 2.12 bits per heavy atom. The van der Waals surface area contributed by atoms with Gasteiger partial charge in [0, 0.05) is 12.6 Å². The lowest BCUT2D eigenvalue weighted by molar-refractivity contribution is -0.0713. The van der Waals surface area contributed by atoms with Gasteiger partial charge >= 0.3 is 6.03 Å². The fourth-order valence-corrected chi connectivity index (χ4v) is 2.68. The lowest BCUT2D eigenvalue weighted by atomic mass is 9.90. The number of morpholine rings is 1. The van der Waals surface area contributed by atoms with E-state index in [0.29, 0.717) is 12.6 Å². The van der Waals surface area contributed by atoms with Gasteiger partial charge in [0.2, 0.25) is 0 Å². The normalized spacial score (nSPS) is 30.1. The number of hydrogen-bond donors (Lipinski definition) is 1. The molecule has 1 saturated carbocycles. The predicted molar refractivity (Wildman–Crippen MR) is 62.4 cm³/mol. The average Bonchev–Trinajstić information content (AvgIpc) is 2.27. The Balaban J connectivity index is 1.99. The molecule has 2 amide bonds. The van der Waals surface area contributed by atoms with E-state index in [1.807, 2.05) is 18.7 Å². The molecule has 0 spiro atoms. The zero-order valence-electron chi connectivity index (χ0n) is 10.2. The van der Waals surface area contributed by atoms with E-state index < -0.39 is 0 Å². The minimum Gasteiger partial charge on any atom is -0.374 e. The molecule has 2 atom stereocenters. The molecule has 0 aromatic heterocycles. The number of amides is 2. The quantitative estimate of drug-likeness (QED) is 0.740. The highest BCUT2D eigenvalue weighted by atomic mass is 16.5. The first-order valence-corrected chi connectivity index (χ1v) is 6.37. The van der Waals surface area contributed by atoms with Crippen LogP contribution in [0.5, 0.6) is 0 Å². The monoisotopic (exact) mass is 226 g/mol. The zero-order valence-corrected chi connectivity index (χ0v) is 10.2. The Morgan fingerprint density at radius 3 is 2.88 bits per heavy atom. The maximum atomic E-state index is 12.0. The van der Waals surface area contributed by atoms with Crippen molar-refractivity contribution in [3.05, 3.63) is 0 Å². The Hall–Kier alpha value is -0.770. The SMILES string of the molecule is CC(C)NC(=O)N1CCOC2CCCCC21. The second-order valence-electron chi connectivity index (χ2n) is 5.06. The smallest absolute Gasteiger partial charge is 0.318 e. The first-order valence-electron chi connectivity index (χ1n) is 6.37. The van der Waals surface area contributed by atoms with Crippen LogP contribution in [0, 0.1) is 0 Å². The molecule has 1 saturated heterocycles. The van der Waals surface area contributed by atoms with E-state index in [-0.39, 0.29) is 18.2 Å². The third-order valence-corrected chi connectivity index (χ3v) is 3.41. The molecule has 1 heterocycles. The van der Waals surface area contributed by atoms with Crippen LogP contribution >= 0.6 is 0 Å². The molecule has 0 aromatic carbocycles. The van der Waals surface area contributed by atoms with E-state index in [1.54, 1.807) is 0 Å². The number of carbonyl (C=O) groups excluding carboxylic acids is 1. The second kappa shape index (κ2) is 5.04. The second-order valence-corrected chi connectivity index (χ2v) is 5.06. The van der Waals surface area contributed by atoms with Gasteiger partial charge in [0.05, 0.1) is 18.8 Å². The van der Waals surface area contributed by atoms with Gasteiger partial charge in [-0.1, -0.05) is 12.8 Å². The van der Waals surface area contributed by atoms with Gasteiger partial charge < -0.3 is 15.0 Å². The van der Waals surface area contributed by atoms with Crippen molar-refractivity contribution < 1.29 is 9.53 Å². The van der Waals surface area contributed by atoms with E-state index in [4.69, 9.17) is 4.74 Å². The fraction of sp³-hybridized carbons (Fsp3) is 0.917. The number of carbonyl (C=O) groups is 1. The standard InChI is InChI=1S/C12H22N2O2/c1-9(2)13-12(15)14-7-8-16-11-6-4-3-5-10(11)14/h9-11H,3-8H2,1-2H3,(H,13,15). The first-order chi connectivity index (χ1) is 7.68. The average molecular weight is 226 g/mol. The summed E-state index contributed by atoms with van der Waals surface area (Å²) < 4.78 is 5.75. The summed E-state index contributed by atoms with van der Waals surface area (Å²) in [4.78, 5) is 14.0. The van der Waals surface area contributed by atoms with Crippen molar-refractivity contribution in [2.45, 2.75) is 57.7 Å². The van der Waals surface area contributed by atoms with Crippen LogP contribution in [-0.2, 0) is 4.74 Å². The van der Waals surface area contributed by atoms with Crippen LogP contribution in [0.1, 0.15) is 39.5 Å². The van der Waals surface area contributed by atoms with E-state index in [1.165, 1.54) is 12.8 Å². The molecule has 1 aliphatic carbocycles. The van der Waals surface area contributed by atoms with E-state index >= 15 is 0 Å². The number of rotatable bonds is 1. The zero-order chi connectivity index (χ0) is 11.5. The van der Waals surface area contributed by atoms with Gasteiger partial charge in [-0.3, -0.25) is 0 Å². The fourth-order valence-electron chi connectivity index (χ4n) is 2.68. The summed E-state index contributed by atoms with van der Waals surface area (Å²) in [5.41, 5.74) is 0. The summed E-state index contributed by atoms with van der Waals surface area (Å²) in [6.45, 7) is 5.42. The number of nitrogens with one attached hydrogen (secondary N) is 1. The largest absolute Gasteiger partial charge is 0.374 e. The van der Waals surface area contributed by atoms with Gasteiger partial charge in [0.1, 0.15) is 0 Å². The molecular formula is C12H22N2O2. The molecule has 1 aliphatic heterocycles. The summed E-state index contributed by atoms with van der Waals surface area (Å²) in [6.07, 6.45) is 4.93. The van der Waals surface area contributed by atoms with E-state index in [9.17, 15) is 4.79 Å². The Labute approximate surface area is 97.3 Å². The van der Waals surface area contributed by atoms with Gasteiger partial charge in [-0.2, -0.15) is 0 Å². The van der Waals surface area contributed by atoms with Crippen molar-refractivity contribution >= 4 is 6.03 Å². The highest BCUT2D eigenvalue weighted by Crippen LogP contribution is 2.28. The highest BCUT2D eigenvalue weighted by molar-refractivity contribution is 5.75. The molecule has 0 bridgehead atoms. The molecule has 0 aromatic rings. The lowest BCUT2D eigenvalue weighted by Crippen LogP contribution is -2.58. The van der Waals surface area contributed by atoms with Gasteiger partial charge in [-0.05, 0) is 26.7 Å². The minimum atomic E-state index is 0.0789. The molecule has 2 aliphatic rings. The number of urea groups is 1. The van der Waals surface area contributed by atoms with Crippen LogP contribution in [-0.4, -0.2) is 42.3 Å². The summed E-state index contributed by atoms with van der Waals surface area (Å²) in [6, 6.07) is 0.592. The van der Waals surface area contributed by atoms with Crippen molar-refractivity contribution in [3.63, 3.8) is 0 Å². The third kappa shape index (κ3) is 2.48. The molecule has 2 rings (SSSR count). The number of fused-ring (bicyclic) bond motifs is 1. The summed E-state index contributed by atoms with van der Waals surface area (Å²) in [7, 11) is 0. The van der Waals surface area contributed by atoms with Gasteiger partial charge in [-0.15, -0.1) is 0 Å². The van der Waals surface area contributed by atoms with Gasteiger partial charge in [-0.25, -0.2) is 4.79 Å². The molecule has 2 fully saturated rings. The summed E-state index contributed by atoms with van der Waals surface area (Å²) >= 11 is 0. The third-order valence-electron chi connectivity index (χ3n) is 3.41.